The molecule has 0 fully saturated rings. The first kappa shape index (κ1) is 20.8. The van der Waals surface area contributed by atoms with E-state index < -0.39 is 10.0 Å². The number of aryl methyl sites for hydroxylation is 1. The van der Waals surface area contributed by atoms with Crippen LogP contribution in [-0.4, -0.2) is 33.2 Å². The van der Waals surface area contributed by atoms with Crippen LogP contribution in [0.4, 0.5) is 5.69 Å². The van der Waals surface area contributed by atoms with Crippen molar-refractivity contribution in [3.63, 3.8) is 0 Å². The number of nitrogens with zero attached hydrogens (tertiary/aromatic N) is 1. The summed E-state index contributed by atoms with van der Waals surface area (Å²) in [6, 6.07) is 14.5. The molecule has 0 bridgehead atoms. The lowest BCUT2D eigenvalue weighted by molar-refractivity contribution is -0.119. The highest BCUT2D eigenvalue weighted by Gasteiger charge is 2.21. The van der Waals surface area contributed by atoms with E-state index in [1.807, 2.05) is 45.0 Å². The lowest BCUT2D eigenvalue weighted by Gasteiger charge is -2.22. The van der Waals surface area contributed by atoms with Gasteiger partial charge in [0, 0.05) is 12.6 Å². The Morgan fingerprint density at radius 3 is 2.48 bits per heavy atom. The van der Waals surface area contributed by atoms with Crippen LogP contribution in [0.25, 0.3) is 0 Å². The molecule has 0 atom stereocenters. The minimum Gasteiger partial charge on any atom is -0.491 e. The predicted octanol–water partition coefficient (Wildman–Crippen LogP) is 2.86. The highest BCUT2D eigenvalue weighted by Crippen LogP contribution is 2.23. The van der Waals surface area contributed by atoms with Gasteiger partial charge in [-0.25, -0.2) is 8.42 Å². The van der Waals surface area contributed by atoms with Crippen LogP contribution >= 0.6 is 0 Å². The second kappa shape index (κ2) is 8.90. The van der Waals surface area contributed by atoms with E-state index in [0.717, 1.165) is 21.7 Å². The number of anilines is 1. The second-order valence-electron chi connectivity index (χ2n) is 6.70. The molecule has 0 saturated heterocycles. The normalized spacial score (nSPS) is 11.3. The van der Waals surface area contributed by atoms with Crippen molar-refractivity contribution in [3.05, 3.63) is 59.7 Å². The van der Waals surface area contributed by atoms with Crippen molar-refractivity contribution in [3.8, 4) is 5.75 Å². The van der Waals surface area contributed by atoms with E-state index in [-0.39, 0.29) is 18.6 Å². The van der Waals surface area contributed by atoms with Crippen LogP contribution in [0.2, 0.25) is 0 Å². The zero-order chi connectivity index (χ0) is 20.0. The summed E-state index contributed by atoms with van der Waals surface area (Å²) in [5.74, 6) is 0.174. The average molecular weight is 391 g/mol. The van der Waals surface area contributed by atoms with E-state index in [1.165, 1.54) is 0 Å². The Bertz CT molecular complexity index is 894. The SMILES string of the molecule is Cc1cccc(CNC(=O)CN(c2cccc(OC(C)C)c2)S(C)(=O)=O)c1. The molecule has 0 aromatic heterocycles. The molecule has 0 saturated carbocycles. The third kappa shape index (κ3) is 6.60. The van der Waals surface area contributed by atoms with Crippen LogP contribution in [0.1, 0.15) is 25.0 Å². The minimum atomic E-state index is -3.63. The van der Waals surface area contributed by atoms with Gasteiger partial charge in [0.25, 0.3) is 0 Å². The van der Waals surface area contributed by atoms with Gasteiger partial charge < -0.3 is 10.1 Å². The number of hydrogen-bond donors (Lipinski definition) is 1. The van der Waals surface area contributed by atoms with Crippen LogP contribution in [0.15, 0.2) is 48.5 Å². The number of carbonyl (C=O) groups is 1. The Labute approximate surface area is 161 Å². The van der Waals surface area contributed by atoms with Gasteiger partial charge in [-0.05, 0) is 38.5 Å². The van der Waals surface area contributed by atoms with Crippen molar-refractivity contribution in [2.75, 3.05) is 17.1 Å². The zero-order valence-electron chi connectivity index (χ0n) is 16.1. The Balaban J connectivity index is 2.12. The summed E-state index contributed by atoms with van der Waals surface area (Å²) in [6.45, 7) is 5.80. The molecule has 0 heterocycles. The third-order valence-corrected chi connectivity index (χ3v) is 4.88. The monoisotopic (exact) mass is 390 g/mol. The topological polar surface area (TPSA) is 75.7 Å². The third-order valence-electron chi connectivity index (χ3n) is 3.74. The summed E-state index contributed by atoms with van der Waals surface area (Å²) >= 11 is 0. The summed E-state index contributed by atoms with van der Waals surface area (Å²) in [4.78, 5) is 12.3. The summed E-state index contributed by atoms with van der Waals surface area (Å²) in [7, 11) is -3.63. The minimum absolute atomic E-state index is 0.0374. The molecule has 146 valence electrons. The largest absolute Gasteiger partial charge is 0.491 e. The first-order chi connectivity index (χ1) is 12.6. The standard InChI is InChI=1S/C20H26N2O4S/c1-15(2)26-19-10-6-9-18(12-19)22(27(4,24)25)14-20(23)21-13-17-8-5-7-16(3)11-17/h5-12,15H,13-14H2,1-4H3,(H,21,23). The molecule has 0 radical (unpaired) electrons. The van der Waals surface area contributed by atoms with Gasteiger partial charge in [0.2, 0.25) is 15.9 Å². The fraction of sp³-hybridized carbons (Fsp3) is 0.350. The van der Waals surface area contributed by atoms with E-state index in [2.05, 4.69) is 5.32 Å². The van der Waals surface area contributed by atoms with E-state index >= 15 is 0 Å². The molecule has 2 aromatic carbocycles. The maximum atomic E-state index is 12.3. The molecule has 0 aliphatic rings. The van der Waals surface area contributed by atoms with Crippen molar-refractivity contribution in [1.29, 1.82) is 0 Å². The quantitative estimate of drug-likeness (QED) is 0.752. The van der Waals surface area contributed by atoms with E-state index in [9.17, 15) is 13.2 Å². The van der Waals surface area contributed by atoms with Crippen LogP contribution < -0.4 is 14.4 Å². The van der Waals surface area contributed by atoms with Crippen molar-refractivity contribution in [2.24, 2.45) is 0 Å². The van der Waals surface area contributed by atoms with Gasteiger partial charge in [-0.2, -0.15) is 0 Å². The molecule has 2 aromatic rings. The van der Waals surface area contributed by atoms with Gasteiger partial charge >= 0.3 is 0 Å². The lowest BCUT2D eigenvalue weighted by atomic mass is 10.1. The molecule has 1 amide bonds. The number of hydrogen-bond acceptors (Lipinski definition) is 4. The molecule has 1 N–H and O–H groups in total. The maximum Gasteiger partial charge on any atom is 0.241 e. The summed E-state index contributed by atoms with van der Waals surface area (Å²) in [5.41, 5.74) is 2.45. The predicted molar refractivity (Wildman–Crippen MR) is 107 cm³/mol. The molecule has 0 spiro atoms. The number of rotatable bonds is 8. The van der Waals surface area contributed by atoms with Gasteiger partial charge in [0.15, 0.2) is 0 Å². The molecule has 2 rings (SSSR count). The molecule has 0 unspecified atom stereocenters. The molecule has 0 aliphatic heterocycles. The van der Waals surface area contributed by atoms with E-state index in [4.69, 9.17) is 4.74 Å². The highest BCUT2D eigenvalue weighted by molar-refractivity contribution is 7.92. The van der Waals surface area contributed by atoms with Gasteiger partial charge in [-0.3, -0.25) is 9.10 Å². The van der Waals surface area contributed by atoms with E-state index in [1.54, 1.807) is 24.3 Å². The van der Waals surface area contributed by atoms with Crippen LogP contribution in [0.3, 0.4) is 0 Å². The molecule has 27 heavy (non-hydrogen) atoms. The number of amides is 1. The summed E-state index contributed by atoms with van der Waals surface area (Å²) in [6.07, 6.45) is 1.04. The van der Waals surface area contributed by atoms with Gasteiger partial charge in [0.05, 0.1) is 18.0 Å². The Hall–Kier alpha value is -2.54. The van der Waals surface area contributed by atoms with E-state index in [0.29, 0.717) is 18.0 Å². The molecule has 0 aliphatic carbocycles. The fourth-order valence-electron chi connectivity index (χ4n) is 2.59. The number of ether oxygens (including phenoxy) is 1. The second-order valence-corrected chi connectivity index (χ2v) is 8.61. The van der Waals surface area contributed by atoms with Gasteiger partial charge in [-0.15, -0.1) is 0 Å². The fourth-order valence-corrected chi connectivity index (χ4v) is 3.44. The molecule has 6 nitrogen and oxygen atoms in total. The zero-order valence-corrected chi connectivity index (χ0v) is 16.9. The average Bonchev–Trinajstić information content (AvgIpc) is 2.56. The number of benzene rings is 2. The van der Waals surface area contributed by atoms with Crippen LogP contribution in [-0.2, 0) is 21.4 Å². The van der Waals surface area contributed by atoms with Gasteiger partial charge in [0.1, 0.15) is 12.3 Å². The smallest absolute Gasteiger partial charge is 0.241 e. The van der Waals surface area contributed by atoms with Gasteiger partial charge in [-0.1, -0.05) is 35.9 Å². The first-order valence-corrected chi connectivity index (χ1v) is 10.6. The summed E-state index contributed by atoms with van der Waals surface area (Å²) in [5, 5.41) is 2.77. The van der Waals surface area contributed by atoms with Crippen LogP contribution in [0.5, 0.6) is 5.75 Å². The first-order valence-electron chi connectivity index (χ1n) is 8.72. The Morgan fingerprint density at radius 2 is 1.85 bits per heavy atom. The number of nitrogens with one attached hydrogen (secondary N) is 1. The number of sulfonamides is 1. The summed E-state index contributed by atoms with van der Waals surface area (Å²) < 4.78 is 31.1. The maximum absolute atomic E-state index is 12.3. The molecular weight excluding hydrogens is 364 g/mol. The van der Waals surface area contributed by atoms with Crippen molar-refractivity contribution < 1.29 is 17.9 Å². The lowest BCUT2D eigenvalue weighted by Crippen LogP contribution is -2.40. The highest BCUT2D eigenvalue weighted by atomic mass is 32.2. The van der Waals surface area contributed by atoms with Crippen molar-refractivity contribution >= 4 is 21.6 Å². The Kier molecular flexibility index (Phi) is 6.85. The van der Waals surface area contributed by atoms with Crippen molar-refractivity contribution in [2.45, 2.75) is 33.4 Å². The number of carbonyl (C=O) groups excluding carboxylic acids is 1. The van der Waals surface area contributed by atoms with Crippen LogP contribution in [0, 0.1) is 6.92 Å². The van der Waals surface area contributed by atoms with Crippen molar-refractivity contribution in [1.82, 2.24) is 5.32 Å². The molecule has 7 heteroatoms. The molecular formula is C20H26N2O4S. The Morgan fingerprint density at radius 1 is 1.15 bits per heavy atom.